The monoisotopic (exact) mass is 280 g/mol. The van der Waals surface area contributed by atoms with E-state index in [0.717, 1.165) is 18.7 Å². The van der Waals surface area contributed by atoms with Crippen molar-refractivity contribution in [2.45, 2.75) is 25.9 Å². The van der Waals surface area contributed by atoms with Crippen molar-refractivity contribution in [1.29, 1.82) is 0 Å². The maximum atomic E-state index is 11.8. The summed E-state index contributed by atoms with van der Waals surface area (Å²) in [6.45, 7) is 3.86. The molecule has 1 aliphatic rings. The quantitative estimate of drug-likeness (QED) is 0.878. The number of aliphatic hydroxyl groups is 1. The average molecular weight is 280 g/mol. The smallest absolute Gasteiger partial charge is 0.275 e. The van der Waals surface area contributed by atoms with Crippen LogP contribution in [-0.4, -0.2) is 43.8 Å². The van der Waals surface area contributed by atoms with Crippen LogP contribution in [0, 0.1) is 5.92 Å². The van der Waals surface area contributed by atoms with Gasteiger partial charge in [-0.1, -0.05) is 18.3 Å². The third kappa shape index (κ3) is 2.29. The first kappa shape index (κ1) is 12.7. The molecule has 2 aromatic rings. The highest BCUT2D eigenvalue weighted by Crippen LogP contribution is 2.24. The topological polar surface area (TPSA) is 70.7 Å². The van der Waals surface area contributed by atoms with E-state index in [-0.39, 0.29) is 18.2 Å². The Morgan fingerprint density at radius 2 is 2.42 bits per heavy atom. The number of nitrogens with zero attached hydrogens (tertiary/aromatic N) is 4. The Balaban J connectivity index is 1.87. The summed E-state index contributed by atoms with van der Waals surface area (Å²) in [6, 6.07) is 1.70. The third-order valence-electron chi connectivity index (χ3n) is 3.79. The Morgan fingerprint density at radius 3 is 3.21 bits per heavy atom. The van der Waals surface area contributed by atoms with Gasteiger partial charge in [0.05, 0.1) is 12.3 Å². The molecule has 0 spiro atoms. The maximum absolute atomic E-state index is 11.8. The Hall–Kier alpha value is -1.31. The number of rotatable bonds is 3. The zero-order valence-electron chi connectivity index (χ0n) is 10.7. The average Bonchev–Trinajstić information content (AvgIpc) is 2.97. The minimum Gasteiger partial charge on any atom is -0.395 e. The fraction of sp³-hybridized carbons (Fsp3) is 0.583. The second-order valence-corrected chi connectivity index (χ2v) is 5.82. The van der Waals surface area contributed by atoms with Gasteiger partial charge in [-0.25, -0.2) is 4.98 Å². The number of hydrogen-bond acceptors (Lipinski definition) is 6. The van der Waals surface area contributed by atoms with Crippen LogP contribution in [0.2, 0.25) is 0 Å². The normalized spacial score (nSPS) is 24.3. The van der Waals surface area contributed by atoms with Crippen LogP contribution in [0.1, 0.15) is 19.0 Å². The molecular formula is C12H16N4O2S. The summed E-state index contributed by atoms with van der Waals surface area (Å²) in [6.07, 6.45) is 1.08. The number of likely N-dealkylation sites (tertiary alicyclic amines) is 1. The van der Waals surface area contributed by atoms with Gasteiger partial charge in [0.25, 0.3) is 5.56 Å². The van der Waals surface area contributed by atoms with Crippen LogP contribution in [0.4, 0.5) is 0 Å². The molecule has 0 amide bonds. The van der Waals surface area contributed by atoms with Crippen LogP contribution in [0.5, 0.6) is 0 Å². The SMILES string of the molecule is CC1CCN(Cc2cc(=O)n3ncsc3n2)C1CO. The van der Waals surface area contributed by atoms with E-state index in [1.54, 1.807) is 5.51 Å². The van der Waals surface area contributed by atoms with Crippen molar-refractivity contribution < 1.29 is 5.11 Å². The van der Waals surface area contributed by atoms with E-state index in [4.69, 9.17) is 0 Å². The Kier molecular flexibility index (Phi) is 3.34. The van der Waals surface area contributed by atoms with Crippen LogP contribution in [-0.2, 0) is 6.54 Å². The zero-order valence-corrected chi connectivity index (χ0v) is 11.5. The van der Waals surface area contributed by atoms with Crippen LogP contribution < -0.4 is 5.56 Å². The maximum Gasteiger partial charge on any atom is 0.275 e. The molecule has 0 aromatic carbocycles. The van der Waals surface area contributed by atoms with Gasteiger partial charge in [0.2, 0.25) is 4.96 Å². The molecule has 0 radical (unpaired) electrons. The molecule has 2 atom stereocenters. The molecule has 2 aromatic heterocycles. The van der Waals surface area contributed by atoms with Gasteiger partial charge in [0, 0.05) is 18.7 Å². The third-order valence-corrected chi connectivity index (χ3v) is 4.46. The van der Waals surface area contributed by atoms with E-state index in [0.29, 0.717) is 17.4 Å². The second kappa shape index (κ2) is 4.99. The summed E-state index contributed by atoms with van der Waals surface area (Å²) in [5.74, 6) is 0.484. The van der Waals surface area contributed by atoms with Crippen molar-refractivity contribution in [2.24, 2.45) is 5.92 Å². The molecule has 102 valence electrons. The molecule has 1 saturated heterocycles. The van der Waals surface area contributed by atoms with Gasteiger partial charge in [0.15, 0.2) is 0 Å². The van der Waals surface area contributed by atoms with Gasteiger partial charge in [-0.3, -0.25) is 9.69 Å². The zero-order chi connectivity index (χ0) is 13.4. The summed E-state index contributed by atoms with van der Waals surface area (Å²) < 4.78 is 1.31. The number of aliphatic hydroxyl groups excluding tert-OH is 1. The Morgan fingerprint density at radius 1 is 1.58 bits per heavy atom. The first-order valence-electron chi connectivity index (χ1n) is 6.36. The highest BCUT2D eigenvalue weighted by Gasteiger charge is 2.30. The summed E-state index contributed by atoms with van der Waals surface area (Å²) in [7, 11) is 0. The standard InChI is InChI=1S/C12H16N4O2S/c1-8-2-3-15(10(8)6-17)5-9-4-11(18)16-12(14-9)19-7-13-16/h4,7-8,10,17H,2-3,5-6H2,1H3. The molecule has 1 fully saturated rings. The van der Waals surface area contributed by atoms with Crippen LogP contribution >= 0.6 is 11.3 Å². The minimum atomic E-state index is -0.144. The molecule has 7 heteroatoms. The summed E-state index contributed by atoms with van der Waals surface area (Å²) in [5.41, 5.74) is 2.22. The molecule has 6 nitrogen and oxygen atoms in total. The molecule has 0 bridgehead atoms. The number of hydrogen-bond donors (Lipinski definition) is 1. The lowest BCUT2D eigenvalue weighted by atomic mass is 10.0. The lowest BCUT2D eigenvalue weighted by Gasteiger charge is -2.24. The Labute approximate surface area is 114 Å². The van der Waals surface area contributed by atoms with Gasteiger partial charge in [0.1, 0.15) is 5.51 Å². The highest BCUT2D eigenvalue weighted by atomic mass is 32.1. The number of aromatic nitrogens is 3. The predicted molar refractivity (Wildman–Crippen MR) is 72.2 cm³/mol. The molecule has 0 saturated carbocycles. The van der Waals surface area contributed by atoms with Gasteiger partial charge in [-0.2, -0.15) is 9.61 Å². The molecule has 19 heavy (non-hydrogen) atoms. The Bertz CT molecular complexity index is 638. The van der Waals surface area contributed by atoms with Crippen molar-refractivity contribution in [2.75, 3.05) is 13.2 Å². The first-order valence-corrected chi connectivity index (χ1v) is 7.24. The van der Waals surface area contributed by atoms with E-state index in [2.05, 4.69) is 21.9 Å². The van der Waals surface area contributed by atoms with Crippen molar-refractivity contribution in [3.8, 4) is 0 Å². The van der Waals surface area contributed by atoms with Crippen LogP contribution in [0.15, 0.2) is 16.4 Å². The molecule has 2 unspecified atom stereocenters. The van der Waals surface area contributed by atoms with E-state index >= 15 is 0 Å². The largest absolute Gasteiger partial charge is 0.395 e. The van der Waals surface area contributed by atoms with Gasteiger partial charge in [-0.15, -0.1) is 0 Å². The van der Waals surface area contributed by atoms with E-state index in [9.17, 15) is 9.90 Å². The van der Waals surface area contributed by atoms with Crippen LogP contribution in [0.3, 0.4) is 0 Å². The summed E-state index contributed by atoms with van der Waals surface area (Å²) in [4.78, 5) is 19.1. The minimum absolute atomic E-state index is 0.144. The van der Waals surface area contributed by atoms with Gasteiger partial charge in [-0.05, 0) is 18.9 Å². The number of fused-ring (bicyclic) bond motifs is 1. The fourth-order valence-corrected chi connectivity index (χ4v) is 3.31. The van der Waals surface area contributed by atoms with Crippen LogP contribution in [0.25, 0.3) is 4.96 Å². The lowest BCUT2D eigenvalue weighted by molar-refractivity contribution is 0.133. The van der Waals surface area contributed by atoms with E-state index in [1.165, 1.54) is 21.9 Å². The summed E-state index contributed by atoms with van der Waals surface area (Å²) in [5, 5.41) is 13.4. The molecule has 0 aliphatic carbocycles. The molecular weight excluding hydrogens is 264 g/mol. The van der Waals surface area contributed by atoms with Crippen molar-refractivity contribution in [1.82, 2.24) is 19.5 Å². The van der Waals surface area contributed by atoms with E-state index in [1.807, 2.05) is 0 Å². The molecule has 1 aliphatic heterocycles. The van der Waals surface area contributed by atoms with Crippen molar-refractivity contribution in [3.63, 3.8) is 0 Å². The van der Waals surface area contributed by atoms with Crippen molar-refractivity contribution >= 4 is 16.3 Å². The summed E-state index contributed by atoms with van der Waals surface area (Å²) >= 11 is 1.35. The van der Waals surface area contributed by atoms with Gasteiger partial charge >= 0.3 is 0 Å². The fourth-order valence-electron chi connectivity index (χ4n) is 2.67. The van der Waals surface area contributed by atoms with Gasteiger partial charge < -0.3 is 5.11 Å². The first-order chi connectivity index (χ1) is 9.19. The second-order valence-electron chi connectivity index (χ2n) is 5.01. The molecule has 3 heterocycles. The highest BCUT2D eigenvalue weighted by molar-refractivity contribution is 7.14. The van der Waals surface area contributed by atoms with E-state index < -0.39 is 0 Å². The molecule has 3 rings (SSSR count). The lowest BCUT2D eigenvalue weighted by Crippen LogP contribution is -2.35. The molecule has 1 N–H and O–H groups in total. The predicted octanol–water partition coefficient (Wildman–Crippen LogP) is 0.354. The van der Waals surface area contributed by atoms with Crippen molar-refractivity contribution in [3.05, 3.63) is 27.6 Å².